The highest BCUT2D eigenvalue weighted by molar-refractivity contribution is 5.89. The summed E-state index contributed by atoms with van der Waals surface area (Å²) in [6.07, 6.45) is 4.21. The number of rotatable bonds is 8. The van der Waals surface area contributed by atoms with Crippen LogP contribution in [-0.4, -0.2) is 21.5 Å². The first kappa shape index (κ1) is 23.2. The molecule has 0 spiro atoms. The maximum absolute atomic E-state index is 14.3. The number of alkyl halides is 2. The Morgan fingerprint density at radius 1 is 1.06 bits per heavy atom. The van der Waals surface area contributed by atoms with Gasteiger partial charge in [0.05, 0.1) is 17.1 Å². The summed E-state index contributed by atoms with van der Waals surface area (Å²) >= 11 is 0. The maximum atomic E-state index is 14.3. The molecule has 2 heterocycles. The molecule has 0 aliphatic rings. The Morgan fingerprint density at radius 3 is 2.53 bits per heavy atom. The molecule has 0 bridgehead atoms. The van der Waals surface area contributed by atoms with E-state index in [-0.39, 0.29) is 34.0 Å². The zero-order chi connectivity index (χ0) is 24.3. The molecule has 4 rings (SSSR count). The highest BCUT2D eigenvalue weighted by atomic mass is 19.3. The van der Waals surface area contributed by atoms with Crippen molar-refractivity contribution in [1.82, 2.24) is 15.0 Å². The number of ether oxygens (including phenoxy) is 1. The van der Waals surface area contributed by atoms with Crippen LogP contribution >= 0.6 is 0 Å². The lowest BCUT2D eigenvalue weighted by molar-refractivity contribution is 0.0502. The number of hydrogen-bond acceptors (Lipinski definition) is 5. The number of fused-ring (bicyclic) bond motifs is 1. The molecule has 2 aromatic heterocycles. The molecule has 1 atom stereocenters. The Bertz CT molecular complexity index is 1330. The highest BCUT2D eigenvalue weighted by Crippen LogP contribution is 2.37. The van der Waals surface area contributed by atoms with Crippen molar-refractivity contribution in [3.8, 4) is 11.5 Å². The minimum atomic E-state index is -3.26. The average molecular weight is 468 g/mol. The normalized spacial score (nSPS) is 12.4. The zero-order valence-corrected chi connectivity index (χ0v) is 18.1. The second kappa shape index (κ2) is 9.46. The van der Waals surface area contributed by atoms with Gasteiger partial charge in [0, 0.05) is 12.7 Å². The molecule has 0 saturated carbocycles. The van der Waals surface area contributed by atoms with Gasteiger partial charge in [-0.2, -0.15) is 8.78 Å². The van der Waals surface area contributed by atoms with Gasteiger partial charge in [0.15, 0.2) is 5.75 Å². The lowest BCUT2D eigenvalue weighted by Crippen LogP contribution is -2.12. The smallest absolute Gasteiger partial charge is 0.295 e. The average Bonchev–Trinajstić information content (AvgIpc) is 2.85. The van der Waals surface area contributed by atoms with E-state index >= 15 is 0 Å². The van der Waals surface area contributed by atoms with Crippen LogP contribution in [-0.2, 0) is 5.92 Å². The third kappa shape index (κ3) is 4.68. The number of pyridine rings is 1. The minimum Gasteiger partial charge on any atom is -0.455 e. The number of halogens is 4. The van der Waals surface area contributed by atoms with Crippen LogP contribution < -0.4 is 10.1 Å². The lowest BCUT2D eigenvalue weighted by Gasteiger charge is -2.17. The summed E-state index contributed by atoms with van der Waals surface area (Å²) in [5.41, 5.74) is 0.482. The van der Waals surface area contributed by atoms with Crippen molar-refractivity contribution in [1.29, 1.82) is 0 Å². The molecule has 0 fully saturated rings. The van der Waals surface area contributed by atoms with Gasteiger partial charge in [0.2, 0.25) is 0 Å². The van der Waals surface area contributed by atoms with E-state index in [4.69, 9.17) is 4.74 Å². The van der Waals surface area contributed by atoms with E-state index in [1.807, 2.05) is 6.92 Å². The number of anilines is 1. The minimum absolute atomic E-state index is 0.0120. The van der Waals surface area contributed by atoms with E-state index in [9.17, 15) is 17.6 Å². The van der Waals surface area contributed by atoms with E-state index in [1.54, 1.807) is 24.3 Å². The molecular formula is C25H20F4N4O. The third-order valence-corrected chi connectivity index (χ3v) is 5.34. The topological polar surface area (TPSA) is 59.9 Å². The molecule has 1 unspecified atom stereocenters. The zero-order valence-electron chi connectivity index (χ0n) is 18.1. The van der Waals surface area contributed by atoms with E-state index in [0.29, 0.717) is 18.4 Å². The first-order chi connectivity index (χ1) is 16.3. The van der Waals surface area contributed by atoms with Crippen molar-refractivity contribution < 1.29 is 22.3 Å². The van der Waals surface area contributed by atoms with Gasteiger partial charge in [-0.3, -0.25) is 4.98 Å². The summed E-state index contributed by atoms with van der Waals surface area (Å²) in [5.74, 6) is -4.07. The number of nitrogens with zero attached hydrogens (tertiary/aromatic N) is 3. The molecule has 4 aromatic rings. The fourth-order valence-electron chi connectivity index (χ4n) is 3.44. The highest BCUT2D eigenvalue weighted by Gasteiger charge is 2.31. The van der Waals surface area contributed by atoms with E-state index < -0.39 is 17.6 Å². The quantitative estimate of drug-likeness (QED) is 0.234. The molecule has 0 aliphatic heterocycles. The number of nitrogens with one attached hydrogen (secondary N) is 1. The second-order valence-corrected chi connectivity index (χ2v) is 7.63. The van der Waals surface area contributed by atoms with Gasteiger partial charge in [-0.1, -0.05) is 25.6 Å². The van der Waals surface area contributed by atoms with Gasteiger partial charge >= 0.3 is 0 Å². The molecule has 34 heavy (non-hydrogen) atoms. The van der Waals surface area contributed by atoms with Crippen LogP contribution in [0, 0.1) is 11.6 Å². The van der Waals surface area contributed by atoms with Gasteiger partial charge < -0.3 is 10.1 Å². The van der Waals surface area contributed by atoms with Crippen molar-refractivity contribution in [3.05, 3.63) is 96.6 Å². The van der Waals surface area contributed by atoms with Crippen LogP contribution in [0.15, 0.2) is 73.8 Å². The molecule has 0 saturated heterocycles. The summed E-state index contributed by atoms with van der Waals surface area (Å²) in [5, 5.41) is 3.04. The van der Waals surface area contributed by atoms with Gasteiger partial charge in [-0.25, -0.2) is 18.7 Å². The number of aromatic nitrogens is 3. The van der Waals surface area contributed by atoms with Crippen molar-refractivity contribution in [2.45, 2.75) is 18.8 Å². The first-order valence-corrected chi connectivity index (χ1v) is 10.4. The van der Waals surface area contributed by atoms with Crippen molar-refractivity contribution in [2.75, 3.05) is 11.9 Å². The molecule has 0 amide bonds. The van der Waals surface area contributed by atoms with E-state index in [2.05, 4.69) is 26.8 Å². The fraction of sp³-hybridized carbons (Fsp3) is 0.160. The molecule has 5 nitrogen and oxygen atoms in total. The first-order valence-electron chi connectivity index (χ1n) is 10.4. The Morgan fingerprint density at radius 2 is 1.79 bits per heavy atom. The lowest BCUT2D eigenvalue weighted by atomic mass is 10.0. The molecule has 9 heteroatoms. The molecule has 2 aromatic carbocycles. The molecule has 1 N–H and O–H groups in total. The number of hydrogen-bond donors (Lipinski definition) is 1. The summed E-state index contributed by atoms with van der Waals surface area (Å²) in [4.78, 5) is 11.7. The van der Waals surface area contributed by atoms with Gasteiger partial charge in [0.1, 0.15) is 35.0 Å². The van der Waals surface area contributed by atoms with E-state index in [0.717, 1.165) is 17.7 Å². The summed E-state index contributed by atoms with van der Waals surface area (Å²) in [7, 11) is 0. The van der Waals surface area contributed by atoms with Crippen LogP contribution in [0.3, 0.4) is 0 Å². The maximum Gasteiger partial charge on any atom is 0.295 e. The monoisotopic (exact) mass is 468 g/mol. The second-order valence-electron chi connectivity index (χ2n) is 7.63. The number of benzene rings is 2. The van der Waals surface area contributed by atoms with Crippen LogP contribution in [0.5, 0.6) is 11.5 Å². The Hall–Kier alpha value is -4.01. The summed E-state index contributed by atoms with van der Waals surface area (Å²) < 4.78 is 62.1. The standard InChI is InChI=1S/C25H20F4N4O/c1-3-25(28,29)18-10-11-30-13-21(18)34-17-6-4-16(5-7-17)15(2)12-31-24-22-19(26)8-9-20(27)23(22)32-14-33-24/h3-11,13-15H,1,12H2,2H3,(H,31,32,33). The fourth-order valence-corrected chi connectivity index (χ4v) is 3.44. The molecule has 174 valence electrons. The Labute approximate surface area is 193 Å². The third-order valence-electron chi connectivity index (χ3n) is 5.34. The van der Waals surface area contributed by atoms with E-state index in [1.165, 1.54) is 24.8 Å². The predicted octanol–water partition coefficient (Wildman–Crippen LogP) is 6.59. The summed E-state index contributed by atoms with van der Waals surface area (Å²) in [6.45, 7) is 5.49. The van der Waals surface area contributed by atoms with Crippen molar-refractivity contribution >= 4 is 16.7 Å². The molecule has 0 radical (unpaired) electrons. The van der Waals surface area contributed by atoms with Gasteiger partial charge in [0.25, 0.3) is 5.92 Å². The van der Waals surface area contributed by atoms with Crippen LogP contribution in [0.1, 0.15) is 24.0 Å². The predicted molar refractivity (Wildman–Crippen MR) is 121 cm³/mol. The van der Waals surface area contributed by atoms with Crippen molar-refractivity contribution in [3.63, 3.8) is 0 Å². The molecular weight excluding hydrogens is 448 g/mol. The van der Waals surface area contributed by atoms with Gasteiger partial charge in [-0.15, -0.1) is 0 Å². The van der Waals surface area contributed by atoms with Crippen LogP contribution in [0.4, 0.5) is 23.4 Å². The molecule has 0 aliphatic carbocycles. The number of allylic oxidation sites excluding steroid dienone is 1. The Balaban J connectivity index is 1.47. The largest absolute Gasteiger partial charge is 0.455 e. The van der Waals surface area contributed by atoms with Crippen LogP contribution in [0.25, 0.3) is 10.9 Å². The van der Waals surface area contributed by atoms with Crippen LogP contribution in [0.2, 0.25) is 0 Å². The SMILES string of the molecule is C=CC(F)(F)c1ccncc1Oc1ccc(C(C)CNc2ncnc3c(F)ccc(F)c23)cc1. The van der Waals surface area contributed by atoms with Gasteiger partial charge in [-0.05, 0) is 47.9 Å². The summed E-state index contributed by atoms with van der Waals surface area (Å²) in [6, 6.07) is 10.1. The van der Waals surface area contributed by atoms with Crippen molar-refractivity contribution in [2.24, 2.45) is 0 Å². The Kier molecular flexibility index (Phi) is 6.45.